The van der Waals surface area contributed by atoms with Crippen LogP contribution in [-0.2, 0) is 16.1 Å². The van der Waals surface area contributed by atoms with Crippen LogP contribution in [0.4, 0.5) is 4.39 Å². The summed E-state index contributed by atoms with van der Waals surface area (Å²) in [5.41, 5.74) is 1.98. The maximum Gasteiger partial charge on any atom is 0.358 e. The standard InChI is InChI=1S/C25H21FN2O4S2/c1-16-4-10-19(11-5-16)31-14-23-27-20(15-34-23)25(30)32-13-22(29)28-24(21-3-2-12-33-21)17-6-8-18(26)9-7-17/h2-12,15,24H,13-14H2,1H3,(H,28,29). The zero-order valence-corrected chi connectivity index (χ0v) is 19.8. The molecule has 1 amide bonds. The predicted molar refractivity (Wildman–Crippen MR) is 129 cm³/mol. The van der Waals surface area contributed by atoms with Crippen molar-refractivity contribution in [3.63, 3.8) is 0 Å². The Balaban J connectivity index is 1.31. The fraction of sp³-hybridized carbons (Fsp3) is 0.160. The molecule has 0 aliphatic rings. The van der Waals surface area contributed by atoms with Gasteiger partial charge in [-0.15, -0.1) is 22.7 Å². The average molecular weight is 497 g/mol. The Bertz CT molecular complexity index is 1240. The molecule has 4 rings (SSSR count). The molecule has 0 aliphatic carbocycles. The average Bonchev–Trinajstić information content (AvgIpc) is 3.54. The predicted octanol–water partition coefficient (Wildman–Crippen LogP) is 5.29. The summed E-state index contributed by atoms with van der Waals surface area (Å²) in [6, 6.07) is 16.8. The number of carbonyl (C=O) groups excluding carboxylic acids is 2. The lowest BCUT2D eigenvalue weighted by molar-refractivity contribution is -0.124. The zero-order valence-electron chi connectivity index (χ0n) is 18.2. The molecule has 0 saturated heterocycles. The van der Waals surface area contributed by atoms with Crippen LogP contribution < -0.4 is 10.1 Å². The van der Waals surface area contributed by atoms with Gasteiger partial charge in [0.15, 0.2) is 12.3 Å². The van der Waals surface area contributed by atoms with Crippen molar-refractivity contribution in [2.45, 2.75) is 19.6 Å². The number of thiazole rings is 1. The van der Waals surface area contributed by atoms with Crippen LogP contribution in [0.1, 0.15) is 37.5 Å². The highest BCUT2D eigenvalue weighted by atomic mass is 32.1. The van der Waals surface area contributed by atoms with Gasteiger partial charge in [0.1, 0.15) is 23.2 Å². The number of nitrogens with zero attached hydrogens (tertiary/aromatic N) is 1. The highest BCUT2D eigenvalue weighted by Gasteiger charge is 2.20. The number of benzene rings is 2. The van der Waals surface area contributed by atoms with Crippen molar-refractivity contribution in [1.82, 2.24) is 10.3 Å². The molecular weight excluding hydrogens is 475 g/mol. The normalized spacial score (nSPS) is 11.6. The van der Waals surface area contributed by atoms with Crippen LogP contribution in [0.25, 0.3) is 0 Å². The molecule has 0 fully saturated rings. The van der Waals surface area contributed by atoms with Crippen molar-refractivity contribution in [3.8, 4) is 5.75 Å². The molecule has 0 saturated carbocycles. The van der Waals surface area contributed by atoms with Crippen molar-refractivity contribution in [3.05, 3.63) is 104 Å². The zero-order chi connectivity index (χ0) is 23.9. The number of hydrogen-bond acceptors (Lipinski definition) is 7. The molecule has 0 spiro atoms. The minimum absolute atomic E-state index is 0.119. The van der Waals surface area contributed by atoms with Crippen molar-refractivity contribution >= 4 is 34.6 Å². The maximum absolute atomic E-state index is 13.3. The third kappa shape index (κ3) is 6.27. The van der Waals surface area contributed by atoms with E-state index in [0.29, 0.717) is 10.8 Å². The van der Waals surface area contributed by atoms with Gasteiger partial charge in [0, 0.05) is 10.3 Å². The molecular formula is C25H21FN2O4S2. The molecule has 0 bridgehead atoms. The quantitative estimate of drug-likeness (QED) is 0.319. The van der Waals surface area contributed by atoms with Gasteiger partial charge >= 0.3 is 5.97 Å². The van der Waals surface area contributed by atoms with E-state index in [4.69, 9.17) is 9.47 Å². The van der Waals surface area contributed by atoms with Gasteiger partial charge in [-0.25, -0.2) is 14.2 Å². The summed E-state index contributed by atoms with van der Waals surface area (Å²) in [5, 5.41) is 6.92. The number of hydrogen-bond donors (Lipinski definition) is 1. The Morgan fingerprint density at radius 3 is 2.53 bits per heavy atom. The van der Waals surface area contributed by atoms with Crippen molar-refractivity contribution in [2.24, 2.45) is 0 Å². The van der Waals surface area contributed by atoms with Gasteiger partial charge < -0.3 is 14.8 Å². The molecule has 0 radical (unpaired) electrons. The fourth-order valence-corrected chi connectivity index (χ4v) is 4.56. The maximum atomic E-state index is 13.3. The van der Waals surface area contributed by atoms with Crippen LogP contribution >= 0.6 is 22.7 Å². The van der Waals surface area contributed by atoms with E-state index in [1.165, 1.54) is 34.8 Å². The summed E-state index contributed by atoms with van der Waals surface area (Å²) in [6.07, 6.45) is 0. The first kappa shape index (κ1) is 23.6. The summed E-state index contributed by atoms with van der Waals surface area (Å²) >= 11 is 2.74. The Kier molecular flexibility index (Phi) is 7.66. The first-order chi connectivity index (χ1) is 16.5. The molecule has 2 aromatic heterocycles. The van der Waals surface area contributed by atoms with Crippen LogP contribution in [0, 0.1) is 12.7 Å². The van der Waals surface area contributed by atoms with Crippen molar-refractivity contribution in [2.75, 3.05) is 6.61 Å². The number of nitrogens with one attached hydrogen (secondary N) is 1. The van der Waals surface area contributed by atoms with Gasteiger partial charge in [0.25, 0.3) is 5.91 Å². The summed E-state index contributed by atoms with van der Waals surface area (Å²) < 4.78 is 24.1. The Labute approximate surface area is 204 Å². The first-order valence-electron chi connectivity index (χ1n) is 10.4. The second kappa shape index (κ2) is 11.0. The number of thiophene rings is 1. The van der Waals surface area contributed by atoms with E-state index >= 15 is 0 Å². The monoisotopic (exact) mass is 496 g/mol. The number of ether oxygens (including phenoxy) is 2. The molecule has 174 valence electrons. The summed E-state index contributed by atoms with van der Waals surface area (Å²) in [5.74, 6) is -0.819. The number of esters is 1. The highest BCUT2D eigenvalue weighted by molar-refractivity contribution is 7.10. The molecule has 4 aromatic rings. The number of aromatic nitrogens is 1. The van der Waals surface area contributed by atoms with Crippen LogP contribution in [0.2, 0.25) is 0 Å². The Hall–Kier alpha value is -3.56. The molecule has 2 heterocycles. The lowest BCUT2D eigenvalue weighted by atomic mass is 10.1. The lowest BCUT2D eigenvalue weighted by Gasteiger charge is -2.18. The van der Waals surface area contributed by atoms with Gasteiger partial charge in [-0.05, 0) is 48.2 Å². The van der Waals surface area contributed by atoms with Crippen molar-refractivity contribution < 1.29 is 23.5 Å². The summed E-state index contributed by atoms with van der Waals surface area (Å²) in [4.78, 5) is 30.0. The molecule has 1 N–H and O–H groups in total. The topological polar surface area (TPSA) is 77.5 Å². The van der Waals surface area contributed by atoms with Crippen molar-refractivity contribution in [1.29, 1.82) is 0 Å². The van der Waals surface area contributed by atoms with E-state index in [2.05, 4.69) is 10.3 Å². The van der Waals surface area contributed by atoms with Crippen LogP contribution in [0.5, 0.6) is 5.75 Å². The second-order valence-corrected chi connectivity index (χ2v) is 9.29. The van der Waals surface area contributed by atoms with Crippen LogP contribution in [-0.4, -0.2) is 23.5 Å². The molecule has 0 aliphatic heterocycles. The lowest BCUT2D eigenvalue weighted by Crippen LogP contribution is -2.32. The van der Waals surface area contributed by atoms with E-state index in [-0.39, 0.29) is 18.1 Å². The van der Waals surface area contributed by atoms with E-state index < -0.39 is 24.5 Å². The number of carbonyl (C=O) groups is 2. The molecule has 2 aromatic carbocycles. The summed E-state index contributed by atoms with van der Waals surface area (Å²) in [6.45, 7) is 1.75. The number of rotatable bonds is 9. The smallest absolute Gasteiger partial charge is 0.358 e. The minimum atomic E-state index is -0.692. The number of halogens is 1. The molecule has 6 nitrogen and oxygen atoms in total. The molecule has 1 atom stereocenters. The first-order valence-corrected chi connectivity index (χ1v) is 12.1. The third-order valence-corrected chi connectivity index (χ3v) is 6.57. The minimum Gasteiger partial charge on any atom is -0.486 e. The fourth-order valence-electron chi connectivity index (χ4n) is 3.09. The van der Waals surface area contributed by atoms with Gasteiger partial charge in [0.05, 0.1) is 6.04 Å². The molecule has 1 unspecified atom stereocenters. The van der Waals surface area contributed by atoms with Gasteiger partial charge in [0.2, 0.25) is 0 Å². The number of amides is 1. The van der Waals surface area contributed by atoms with E-state index in [1.54, 1.807) is 17.5 Å². The van der Waals surface area contributed by atoms with Crippen LogP contribution in [0.3, 0.4) is 0 Å². The number of aryl methyl sites for hydroxylation is 1. The van der Waals surface area contributed by atoms with Gasteiger partial charge in [-0.1, -0.05) is 35.9 Å². The Morgan fingerprint density at radius 2 is 1.82 bits per heavy atom. The van der Waals surface area contributed by atoms with Gasteiger partial charge in [-0.3, -0.25) is 4.79 Å². The van der Waals surface area contributed by atoms with E-state index in [0.717, 1.165) is 16.0 Å². The largest absolute Gasteiger partial charge is 0.486 e. The SMILES string of the molecule is Cc1ccc(OCc2nc(C(=O)OCC(=O)NC(c3ccc(F)cc3)c3cccs3)cs2)cc1. The van der Waals surface area contributed by atoms with E-state index in [9.17, 15) is 14.0 Å². The van der Waals surface area contributed by atoms with Crippen LogP contribution in [0.15, 0.2) is 71.4 Å². The van der Waals surface area contributed by atoms with Gasteiger partial charge in [-0.2, -0.15) is 0 Å². The third-order valence-electron chi connectivity index (χ3n) is 4.81. The molecule has 9 heteroatoms. The Morgan fingerprint density at radius 1 is 1.06 bits per heavy atom. The second-order valence-electron chi connectivity index (χ2n) is 7.37. The summed E-state index contributed by atoms with van der Waals surface area (Å²) in [7, 11) is 0. The highest BCUT2D eigenvalue weighted by Crippen LogP contribution is 2.26. The van der Waals surface area contributed by atoms with E-state index in [1.807, 2.05) is 48.7 Å². The molecule has 34 heavy (non-hydrogen) atoms.